The molecule has 0 amide bonds. The summed E-state index contributed by atoms with van der Waals surface area (Å²) < 4.78 is 12.1. The van der Waals surface area contributed by atoms with E-state index in [4.69, 9.17) is 8.75 Å². The van der Waals surface area contributed by atoms with Gasteiger partial charge in [0.2, 0.25) is 11.5 Å². The van der Waals surface area contributed by atoms with E-state index in [1.54, 1.807) is 0 Å². The van der Waals surface area contributed by atoms with Gasteiger partial charge in [-0.1, -0.05) is 135 Å². The van der Waals surface area contributed by atoms with Crippen LogP contribution < -0.4 is 0 Å². The molecule has 0 aliphatic carbocycles. The van der Waals surface area contributed by atoms with Crippen LogP contribution in [0.25, 0.3) is 0 Å². The number of hydrogen-bond donors (Lipinski definition) is 1. The SMILES string of the molecule is CCCC[S+](CC(=O)c1ccccc1)OB(O)OC(C)CC(c1ccccc1)(c1ccccc1)c1ccccc1. The van der Waals surface area contributed by atoms with Crippen LogP contribution in [0.5, 0.6) is 0 Å². The summed E-state index contributed by atoms with van der Waals surface area (Å²) in [4.78, 5) is 12.9. The van der Waals surface area contributed by atoms with Crippen LogP contribution in [0.4, 0.5) is 0 Å². The fourth-order valence-corrected chi connectivity index (χ4v) is 6.81. The molecule has 0 bridgehead atoms. The lowest BCUT2D eigenvalue weighted by Crippen LogP contribution is -2.38. The number of hydrogen-bond acceptors (Lipinski definition) is 4. The Labute approximate surface area is 242 Å². The second-order valence-electron chi connectivity index (χ2n) is 9.99. The van der Waals surface area contributed by atoms with Crippen LogP contribution in [0.2, 0.25) is 0 Å². The normalized spacial score (nSPS) is 13.0. The zero-order valence-electron chi connectivity index (χ0n) is 23.3. The molecule has 1 N–H and O–H groups in total. The van der Waals surface area contributed by atoms with Gasteiger partial charge in [-0.2, -0.15) is 4.10 Å². The van der Waals surface area contributed by atoms with Crippen molar-refractivity contribution in [1.82, 2.24) is 0 Å². The topological polar surface area (TPSA) is 55.8 Å². The third-order valence-corrected chi connectivity index (χ3v) is 8.84. The second kappa shape index (κ2) is 15.0. The molecule has 2 atom stereocenters. The van der Waals surface area contributed by atoms with Crippen molar-refractivity contribution < 1.29 is 18.6 Å². The third kappa shape index (κ3) is 7.73. The van der Waals surface area contributed by atoms with E-state index in [-0.39, 0.29) is 17.6 Å². The van der Waals surface area contributed by atoms with E-state index >= 15 is 0 Å². The molecule has 0 saturated heterocycles. The van der Waals surface area contributed by atoms with E-state index in [9.17, 15) is 9.82 Å². The molecular weight excluding hydrogens is 515 g/mol. The van der Waals surface area contributed by atoms with Crippen LogP contribution in [0, 0.1) is 0 Å². The van der Waals surface area contributed by atoms with Crippen molar-refractivity contribution in [3.8, 4) is 0 Å². The maximum absolute atomic E-state index is 12.9. The monoisotopic (exact) mass is 553 g/mol. The Bertz CT molecular complexity index is 1190. The van der Waals surface area contributed by atoms with Crippen molar-refractivity contribution in [2.24, 2.45) is 0 Å². The van der Waals surface area contributed by atoms with E-state index in [1.807, 2.05) is 55.5 Å². The Balaban J connectivity index is 1.55. The highest BCUT2D eigenvalue weighted by Crippen LogP contribution is 2.43. The van der Waals surface area contributed by atoms with Crippen LogP contribution in [0.15, 0.2) is 121 Å². The molecule has 0 aliphatic rings. The number of carbonyl (C=O) groups is 1. The van der Waals surface area contributed by atoms with Gasteiger partial charge in [0.25, 0.3) is 0 Å². The van der Waals surface area contributed by atoms with Crippen molar-refractivity contribution >= 4 is 24.3 Å². The van der Waals surface area contributed by atoms with Crippen molar-refractivity contribution in [1.29, 1.82) is 0 Å². The van der Waals surface area contributed by atoms with Crippen molar-refractivity contribution in [3.05, 3.63) is 144 Å². The van der Waals surface area contributed by atoms with E-state index in [2.05, 4.69) is 79.7 Å². The summed E-state index contributed by atoms with van der Waals surface area (Å²) in [5.41, 5.74) is 3.59. The van der Waals surface area contributed by atoms with Gasteiger partial charge in [-0.05, 0) is 36.5 Å². The number of benzene rings is 4. The molecule has 40 heavy (non-hydrogen) atoms. The van der Waals surface area contributed by atoms with Crippen LogP contribution in [0.1, 0.15) is 60.2 Å². The summed E-state index contributed by atoms with van der Waals surface area (Å²) in [5, 5.41) is 10.9. The molecule has 0 heterocycles. The van der Waals surface area contributed by atoms with Gasteiger partial charge in [0, 0.05) is 17.1 Å². The molecule has 206 valence electrons. The standard InChI is InChI=1S/C34H38BO4S/c1-3-4-25-40(27-33(36)29-17-9-5-10-18-29)39-35(37)38-28(2)26-34(30-19-11-6-12-20-30,31-21-13-7-14-22-31)32-23-15-8-16-24-32/h5-24,28,37H,3-4,25-27H2,1-2H3/q+1. The average molecular weight is 554 g/mol. The highest BCUT2D eigenvalue weighted by molar-refractivity contribution is 7.93. The first-order chi connectivity index (χ1) is 19.5. The molecule has 0 fully saturated rings. The molecule has 4 rings (SSSR count). The lowest BCUT2D eigenvalue weighted by atomic mass is 9.66. The molecule has 4 aromatic carbocycles. The molecule has 0 radical (unpaired) electrons. The summed E-state index contributed by atoms with van der Waals surface area (Å²) in [6.45, 7) is 4.07. The lowest BCUT2D eigenvalue weighted by molar-refractivity contribution is 0.101. The van der Waals surface area contributed by atoms with Gasteiger partial charge in [0.15, 0.2) is 0 Å². The quantitative estimate of drug-likeness (QED) is 0.0744. The van der Waals surface area contributed by atoms with Gasteiger partial charge in [-0.25, -0.2) is 0 Å². The van der Waals surface area contributed by atoms with Gasteiger partial charge in [0.1, 0.15) is 16.9 Å². The fourth-order valence-electron chi connectivity index (χ4n) is 5.15. The Morgan fingerprint density at radius 2 is 1.25 bits per heavy atom. The van der Waals surface area contributed by atoms with Crippen LogP contribution >= 0.6 is 0 Å². The summed E-state index contributed by atoms with van der Waals surface area (Å²) in [5.74, 6) is 0.934. The molecular formula is C34H38BO4S+. The van der Waals surface area contributed by atoms with E-state index < -0.39 is 23.9 Å². The maximum Gasteiger partial charge on any atom is 0.686 e. The van der Waals surface area contributed by atoms with E-state index in [1.165, 1.54) is 0 Å². The molecule has 0 aromatic heterocycles. The first kappa shape index (κ1) is 29.8. The Morgan fingerprint density at radius 3 is 1.70 bits per heavy atom. The second-order valence-corrected chi connectivity index (χ2v) is 11.8. The third-order valence-electron chi connectivity index (χ3n) is 7.07. The van der Waals surface area contributed by atoms with Gasteiger partial charge in [-0.3, -0.25) is 4.79 Å². The van der Waals surface area contributed by atoms with Crippen molar-refractivity contribution in [3.63, 3.8) is 0 Å². The fraction of sp³-hybridized carbons (Fsp3) is 0.265. The Hall–Kier alpha value is -3.16. The number of carbonyl (C=O) groups excluding carboxylic acids is 1. The van der Waals surface area contributed by atoms with E-state index in [0.717, 1.165) is 29.5 Å². The minimum atomic E-state index is -1.43. The molecule has 2 unspecified atom stereocenters. The number of unbranched alkanes of at least 4 members (excludes halogenated alkanes) is 1. The Morgan fingerprint density at radius 1 is 0.800 bits per heavy atom. The predicted molar refractivity (Wildman–Crippen MR) is 166 cm³/mol. The summed E-state index contributed by atoms with van der Waals surface area (Å²) in [7, 11) is -1.43. The smallest absolute Gasteiger partial charge is 0.399 e. The number of ketones is 1. The molecule has 0 aliphatic heterocycles. The predicted octanol–water partition coefficient (Wildman–Crippen LogP) is 7.03. The molecule has 6 heteroatoms. The summed E-state index contributed by atoms with van der Waals surface area (Å²) in [6.07, 6.45) is 2.11. The number of Topliss-reactive ketones (excluding diaryl/α,β-unsaturated/α-hetero) is 1. The average Bonchev–Trinajstić information content (AvgIpc) is 3.00. The minimum absolute atomic E-state index is 0.0107. The van der Waals surface area contributed by atoms with Gasteiger partial charge < -0.3 is 9.68 Å². The van der Waals surface area contributed by atoms with Crippen molar-refractivity contribution in [2.45, 2.75) is 44.6 Å². The largest absolute Gasteiger partial charge is 0.686 e. The molecule has 4 aromatic rings. The van der Waals surface area contributed by atoms with Gasteiger partial charge in [-0.15, -0.1) is 0 Å². The van der Waals surface area contributed by atoms with Crippen LogP contribution in [-0.4, -0.2) is 35.7 Å². The zero-order valence-corrected chi connectivity index (χ0v) is 24.1. The lowest BCUT2D eigenvalue weighted by Gasteiger charge is -2.38. The highest BCUT2D eigenvalue weighted by Gasteiger charge is 2.40. The minimum Gasteiger partial charge on any atom is -0.399 e. The first-order valence-electron chi connectivity index (χ1n) is 14.0. The van der Waals surface area contributed by atoms with Gasteiger partial charge >= 0.3 is 7.32 Å². The highest BCUT2D eigenvalue weighted by atomic mass is 32.2. The van der Waals surface area contributed by atoms with E-state index in [0.29, 0.717) is 17.7 Å². The molecule has 4 nitrogen and oxygen atoms in total. The van der Waals surface area contributed by atoms with Crippen LogP contribution in [0.3, 0.4) is 0 Å². The van der Waals surface area contributed by atoms with Crippen molar-refractivity contribution in [2.75, 3.05) is 11.5 Å². The maximum atomic E-state index is 12.9. The van der Waals surface area contributed by atoms with Gasteiger partial charge in [0.05, 0.1) is 0 Å². The summed E-state index contributed by atoms with van der Waals surface area (Å²) in [6, 6.07) is 40.6. The Kier molecular flexibility index (Phi) is 11.2. The zero-order chi connectivity index (χ0) is 28.2. The summed E-state index contributed by atoms with van der Waals surface area (Å²) >= 11 is -0.757. The molecule has 0 spiro atoms. The molecule has 0 saturated carbocycles. The number of rotatable bonds is 15. The first-order valence-corrected chi connectivity index (χ1v) is 15.4. The van der Waals surface area contributed by atoms with Crippen LogP contribution in [-0.2, 0) is 25.3 Å².